The van der Waals surface area contributed by atoms with Crippen molar-refractivity contribution in [3.05, 3.63) is 83.6 Å². The summed E-state index contributed by atoms with van der Waals surface area (Å²) < 4.78 is 53.4. The number of benzene rings is 2. The minimum absolute atomic E-state index is 0.0627. The molecule has 132 valence electrons. The molecule has 2 aromatic carbocycles. The molecule has 4 nitrogen and oxygen atoms in total. The van der Waals surface area contributed by atoms with Crippen molar-refractivity contribution >= 4 is 23.1 Å². The second kappa shape index (κ2) is 7.22. The van der Waals surface area contributed by atoms with Gasteiger partial charge >= 0.3 is 0 Å². The number of carbonyl (C=O) groups excluding carboxylic acids is 1. The number of nitrogens with one attached hydrogen (secondary N) is 2. The second-order valence-electron chi connectivity index (χ2n) is 5.23. The first-order valence-corrected chi connectivity index (χ1v) is 7.37. The first-order chi connectivity index (χ1) is 12.4. The van der Waals surface area contributed by atoms with Crippen molar-refractivity contribution in [1.82, 2.24) is 4.98 Å². The average Bonchev–Trinajstić information content (AvgIpc) is 2.61. The number of nitrogens with zero attached hydrogens (tertiary/aromatic N) is 1. The molecule has 1 amide bonds. The van der Waals surface area contributed by atoms with E-state index in [1.165, 1.54) is 30.5 Å². The van der Waals surface area contributed by atoms with E-state index in [2.05, 4.69) is 15.6 Å². The van der Waals surface area contributed by atoms with Crippen LogP contribution in [0.5, 0.6) is 0 Å². The molecule has 3 rings (SSSR count). The number of anilines is 3. The van der Waals surface area contributed by atoms with Crippen molar-refractivity contribution in [3.8, 4) is 0 Å². The molecule has 1 aromatic heterocycles. The number of rotatable bonds is 4. The fourth-order valence-electron chi connectivity index (χ4n) is 2.16. The Morgan fingerprint density at radius 1 is 0.846 bits per heavy atom. The lowest BCUT2D eigenvalue weighted by Gasteiger charge is -2.09. The Morgan fingerprint density at radius 2 is 1.58 bits per heavy atom. The molecular weight excluding hydrogens is 350 g/mol. The van der Waals surface area contributed by atoms with Crippen LogP contribution in [0.15, 0.2) is 54.7 Å². The summed E-state index contributed by atoms with van der Waals surface area (Å²) in [6.45, 7) is 0. The molecule has 0 saturated heterocycles. The summed E-state index contributed by atoms with van der Waals surface area (Å²) in [6, 6.07) is 9.01. The van der Waals surface area contributed by atoms with Gasteiger partial charge in [0.15, 0.2) is 11.6 Å². The maximum atomic E-state index is 13.6. The third kappa shape index (κ3) is 3.80. The van der Waals surface area contributed by atoms with Crippen LogP contribution in [0, 0.1) is 23.3 Å². The maximum Gasteiger partial charge on any atom is 0.256 e. The van der Waals surface area contributed by atoms with Gasteiger partial charge in [0.05, 0.1) is 0 Å². The van der Waals surface area contributed by atoms with Crippen molar-refractivity contribution in [2.45, 2.75) is 0 Å². The summed E-state index contributed by atoms with van der Waals surface area (Å²) in [7, 11) is 0. The Bertz CT molecular complexity index is 958. The number of para-hydroxylation sites is 1. The van der Waals surface area contributed by atoms with Crippen LogP contribution in [0.2, 0.25) is 0 Å². The molecule has 3 aromatic rings. The van der Waals surface area contributed by atoms with Gasteiger partial charge in [0.25, 0.3) is 5.91 Å². The van der Waals surface area contributed by atoms with E-state index in [-0.39, 0.29) is 17.1 Å². The Hall–Kier alpha value is -3.42. The van der Waals surface area contributed by atoms with Crippen molar-refractivity contribution in [3.63, 3.8) is 0 Å². The number of pyridine rings is 1. The molecule has 0 unspecified atom stereocenters. The number of aromatic nitrogens is 1. The van der Waals surface area contributed by atoms with Crippen LogP contribution < -0.4 is 10.6 Å². The first kappa shape index (κ1) is 17.4. The van der Waals surface area contributed by atoms with Gasteiger partial charge in [-0.15, -0.1) is 0 Å². The predicted octanol–water partition coefficient (Wildman–Crippen LogP) is 4.63. The van der Waals surface area contributed by atoms with Crippen molar-refractivity contribution < 1.29 is 22.4 Å². The fourth-order valence-corrected chi connectivity index (χ4v) is 2.16. The summed E-state index contributed by atoms with van der Waals surface area (Å²) in [4.78, 5) is 16.2. The lowest BCUT2D eigenvalue weighted by molar-refractivity contribution is 0.102. The molecule has 8 heteroatoms. The van der Waals surface area contributed by atoms with E-state index >= 15 is 0 Å². The molecule has 26 heavy (non-hydrogen) atoms. The van der Waals surface area contributed by atoms with E-state index in [9.17, 15) is 22.4 Å². The van der Waals surface area contributed by atoms with E-state index in [1.54, 1.807) is 0 Å². The van der Waals surface area contributed by atoms with Gasteiger partial charge in [0.2, 0.25) is 0 Å². The lowest BCUT2D eigenvalue weighted by atomic mass is 10.2. The number of amides is 1. The molecule has 0 bridgehead atoms. The zero-order valence-corrected chi connectivity index (χ0v) is 13.1. The smallest absolute Gasteiger partial charge is 0.256 e. The second-order valence-corrected chi connectivity index (χ2v) is 5.23. The van der Waals surface area contributed by atoms with Gasteiger partial charge in [-0.3, -0.25) is 4.79 Å². The number of carbonyl (C=O) groups is 1. The summed E-state index contributed by atoms with van der Waals surface area (Å²) >= 11 is 0. The van der Waals surface area contributed by atoms with Gasteiger partial charge in [0, 0.05) is 23.5 Å². The minimum atomic E-state index is -1.04. The van der Waals surface area contributed by atoms with Crippen LogP contribution in [0.4, 0.5) is 34.8 Å². The highest BCUT2D eigenvalue weighted by Crippen LogP contribution is 2.21. The number of hydrogen-bond donors (Lipinski definition) is 2. The van der Waals surface area contributed by atoms with Gasteiger partial charge in [-0.25, -0.2) is 22.5 Å². The normalized spacial score (nSPS) is 10.5. The summed E-state index contributed by atoms with van der Waals surface area (Å²) in [5.74, 6) is -4.45. The van der Waals surface area contributed by atoms with Crippen LogP contribution in [0.3, 0.4) is 0 Å². The monoisotopic (exact) mass is 361 g/mol. The predicted molar refractivity (Wildman–Crippen MR) is 88.2 cm³/mol. The first-order valence-electron chi connectivity index (χ1n) is 7.37. The van der Waals surface area contributed by atoms with Crippen molar-refractivity contribution in [2.24, 2.45) is 0 Å². The summed E-state index contributed by atoms with van der Waals surface area (Å²) in [6.07, 6.45) is 1.29. The molecule has 0 atom stereocenters. The van der Waals surface area contributed by atoms with Gasteiger partial charge in [-0.2, -0.15) is 0 Å². The molecule has 0 saturated carbocycles. The topological polar surface area (TPSA) is 54.0 Å². The standard InChI is InChI=1S/C18H11F4N3O/c19-12-5-4-11(9-15(12)22)24-16-8-10(6-7-23-16)18(26)25-17-13(20)2-1-3-14(17)21/h1-9H,(H,23,24)(H,25,26). The maximum absolute atomic E-state index is 13.6. The third-order valence-corrected chi connectivity index (χ3v) is 3.42. The Labute approximate surface area is 145 Å². The van der Waals surface area contributed by atoms with Gasteiger partial charge in [-0.1, -0.05) is 6.07 Å². The molecule has 0 aliphatic heterocycles. The molecule has 0 radical (unpaired) electrons. The van der Waals surface area contributed by atoms with Crippen LogP contribution in [0.25, 0.3) is 0 Å². The van der Waals surface area contributed by atoms with Gasteiger partial charge in [-0.05, 0) is 36.4 Å². The van der Waals surface area contributed by atoms with Crippen LogP contribution in [0.1, 0.15) is 10.4 Å². The molecule has 1 heterocycles. The van der Waals surface area contributed by atoms with E-state index in [0.29, 0.717) is 0 Å². The number of halogens is 4. The zero-order chi connectivity index (χ0) is 18.7. The third-order valence-electron chi connectivity index (χ3n) is 3.42. The van der Waals surface area contributed by atoms with E-state index in [0.717, 1.165) is 24.3 Å². The minimum Gasteiger partial charge on any atom is -0.340 e. The van der Waals surface area contributed by atoms with Crippen molar-refractivity contribution in [2.75, 3.05) is 10.6 Å². The molecule has 0 aliphatic carbocycles. The highest BCUT2D eigenvalue weighted by atomic mass is 19.2. The zero-order valence-electron chi connectivity index (χ0n) is 13.1. The molecule has 2 N–H and O–H groups in total. The van der Waals surface area contributed by atoms with Gasteiger partial charge in [0.1, 0.15) is 23.1 Å². The SMILES string of the molecule is O=C(Nc1c(F)cccc1F)c1ccnc(Nc2ccc(F)c(F)c2)c1. The molecule has 0 fully saturated rings. The fraction of sp³-hybridized carbons (Fsp3) is 0. The van der Waals surface area contributed by atoms with E-state index in [4.69, 9.17) is 0 Å². The highest BCUT2D eigenvalue weighted by Gasteiger charge is 2.14. The van der Waals surface area contributed by atoms with Gasteiger partial charge < -0.3 is 10.6 Å². The summed E-state index contributed by atoms with van der Waals surface area (Å²) in [5.41, 5.74) is -0.286. The summed E-state index contributed by atoms with van der Waals surface area (Å²) in [5, 5.41) is 4.86. The quantitative estimate of drug-likeness (QED) is 0.666. The van der Waals surface area contributed by atoms with Crippen molar-refractivity contribution in [1.29, 1.82) is 0 Å². The highest BCUT2D eigenvalue weighted by molar-refractivity contribution is 6.04. The lowest BCUT2D eigenvalue weighted by Crippen LogP contribution is -2.14. The Morgan fingerprint density at radius 3 is 2.27 bits per heavy atom. The largest absolute Gasteiger partial charge is 0.340 e. The Balaban J connectivity index is 1.80. The van der Waals surface area contributed by atoms with Crippen LogP contribution in [-0.4, -0.2) is 10.9 Å². The van der Waals surface area contributed by atoms with Crippen LogP contribution in [-0.2, 0) is 0 Å². The average molecular weight is 361 g/mol. The molecule has 0 spiro atoms. The van der Waals surface area contributed by atoms with Crippen LogP contribution >= 0.6 is 0 Å². The Kier molecular flexibility index (Phi) is 4.83. The van der Waals surface area contributed by atoms with E-state index < -0.39 is 34.9 Å². The molecule has 0 aliphatic rings. The van der Waals surface area contributed by atoms with E-state index in [1.807, 2.05) is 0 Å². The molecular formula is C18H11F4N3O. The number of hydrogen-bond acceptors (Lipinski definition) is 3.